The molecule has 0 aliphatic rings. The van der Waals surface area contributed by atoms with Crippen molar-refractivity contribution in [3.63, 3.8) is 0 Å². The molecular formula is C15H18O. The van der Waals surface area contributed by atoms with Crippen molar-refractivity contribution in [2.75, 3.05) is 6.61 Å². The summed E-state index contributed by atoms with van der Waals surface area (Å²) in [6.45, 7) is 4.80. The van der Waals surface area contributed by atoms with Crippen molar-refractivity contribution in [1.82, 2.24) is 0 Å². The maximum absolute atomic E-state index is 5.21. The SMILES string of the molecule is CCOc1ccccc1.Cc1ccccc1. The topological polar surface area (TPSA) is 9.23 Å². The lowest BCUT2D eigenvalue weighted by Gasteiger charge is -1.99. The van der Waals surface area contributed by atoms with Crippen LogP contribution in [0.1, 0.15) is 12.5 Å². The van der Waals surface area contributed by atoms with Gasteiger partial charge in [0.15, 0.2) is 0 Å². The zero-order valence-corrected chi connectivity index (χ0v) is 9.89. The number of hydrogen-bond acceptors (Lipinski definition) is 1. The second-order valence-electron chi connectivity index (χ2n) is 3.40. The van der Waals surface area contributed by atoms with Crippen molar-refractivity contribution in [2.24, 2.45) is 0 Å². The fourth-order valence-electron chi connectivity index (χ4n) is 1.22. The summed E-state index contributed by atoms with van der Waals surface area (Å²) in [5.41, 5.74) is 1.32. The van der Waals surface area contributed by atoms with Gasteiger partial charge in [-0.2, -0.15) is 0 Å². The van der Waals surface area contributed by atoms with E-state index in [0.717, 1.165) is 12.4 Å². The molecule has 0 spiro atoms. The summed E-state index contributed by atoms with van der Waals surface area (Å²) < 4.78 is 5.21. The van der Waals surface area contributed by atoms with Gasteiger partial charge in [0.05, 0.1) is 6.61 Å². The van der Waals surface area contributed by atoms with Crippen LogP contribution in [0.5, 0.6) is 5.75 Å². The second-order valence-corrected chi connectivity index (χ2v) is 3.40. The highest BCUT2D eigenvalue weighted by atomic mass is 16.5. The van der Waals surface area contributed by atoms with E-state index in [4.69, 9.17) is 4.74 Å². The van der Waals surface area contributed by atoms with Crippen LogP contribution in [0.25, 0.3) is 0 Å². The first-order valence-electron chi connectivity index (χ1n) is 5.52. The Bertz CT molecular complexity index is 367. The molecule has 0 amide bonds. The third-order valence-corrected chi connectivity index (χ3v) is 1.99. The standard InChI is InChI=1S/C8H10O.C7H8/c1-2-9-8-6-4-3-5-7-8;1-7-5-3-2-4-6-7/h3-7H,2H2,1H3;2-6H,1H3. The minimum absolute atomic E-state index is 0.740. The molecule has 0 bridgehead atoms. The molecule has 0 aliphatic heterocycles. The zero-order valence-electron chi connectivity index (χ0n) is 9.89. The van der Waals surface area contributed by atoms with E-state index >= 15 is 0 Å². The molecule has 2 aromatic carbocycles. The third kappa shape index (κ3) is 5.20. The van der Waals surface area contributed by atoms with Crippen molar-refractivity contribution >= 4 is 0 Å². The number of hydrogen-bond donors (Lipinski definition) is 0. The van der Waals surface area contributed by atoms with Crippen LogP contribution in [0.3, 0.4) is 0 Å². The molecule has 0 aliphatic carbocycles. The van der Waals surface area contributed by atoms with E-state index in [-0.39, 0.29) is 0 Å². The molecule has 0 saturated carbocycles. The maximum Gasteiger partial charge on any atom is 0.119 e. The van der Waals surface area contributed by atoms with E-state index in [1.165, 1.54) is 5.56 Å². The van der Waals surface area contributed by atoms with E-state index in [9.17, 15) is 0 Å². The van der Waals surface area contributed by atoms with Crippen LogP contribution in [0.2, 0.25) is 0 Å². The predicted molar refractivity (Wildman–Crippen MR) is 68.8 cm³/mol. The Hall–Kier alpha value is -1.76. The Morgan fingerprint density at radius 2 is 1.31 bits per heavy atom. The van der Waals surface area contributed by atoms with Crippen LogP contribution in [-0.4, -0.2) is 6.61 Å². The molecule has 1 nitrogen and oxygen atoms in total. The lowest BCUT2D eigenvalue weighted by molar-refractivity contribution is 0.340. The molecule has 2 rings (SSSR count). The average molecular weight is 214 g/mol. The number of benzene rings is 2. The molecular weight excluding hydrogens is 196 g/mol. The monoisotopic (exact) mass is 214 g/mol. The van der Waals surface area contributed by atoms with Crippen LogP contribution < -0.4 is 4.74 Å². The lowest BCUT2D eigenvalue weighted by atomic mass is 10.2. The molecule has 2 aromatic rings. The Kier molecular flexibility index (Phi) is 5.79. The molecule has 0 aromatic heterocycles. The number of ether oxygens (including phenoxy) is 1. The first kappa shape index (κ1) is 12.3. The summed E-state index contributed by atoms with van der Waals surface area (Å²) in [7, 11) is 0. The predicted octanol–water partition coefficient (Wildman–Crippen LogP) is 4.08. The van der Waals surface area contributed by atoms with Gasteiger partial charge < -0.3 is 4.74 Å². The van der Waals surface area contributed by atoms with E-state index in [0.29, 0.717) is 0 Å². The number of aryl methyl sites for hydroxylation is 1. The Morgan fingerprint density at radius 1 is 0.812 bits per heavy atom. The Morgan fingerprint density at radius 3 is 1.69 bits per heavy atom. The molecule has 16 heavy (non-hydrogen) atoms. The summed E-state index contributed by atoms with van der Waals surface area (Å²) >= 11 is 0. The Balaban J connectivity index is 0.000000165. The molecule has 0 unspecified atom stereocenters. The second kappa shape index (κ2) is 7.52. The van der Waals surface area contributed by atoms with E-state index in [2.05, 4.69) is 19.1 Å². The highest BCUT2D eigenvalue weighted by molar-refractivity contribution is 5.20. The van der Waals surface area contributed by atoms with Crippen LogP contribution in [0.4, 0.5) is 0 Å². The largest absolute Gasteiger partial charge is 0.494 e. The maximum atomic E-state index is 5.21. The first-order valence-corrected chi connectivity index (χ1v) is 5.52. The molecule has 84 valence electrons. The van der Waals surface area contributed by atoms with Crippen molar-refractivity contribution in [3.8, 4) is 5.75 Å². The van der Waals surface area contributed by atoms with Gasteiger partial charge in [-0.1, -0.05) is 54.1 Å². The summed E-state index contributed by atoms with van der Waals surface area (Å²) in [4.78, 5) is 0. The highest BCUT2D eigenvalue weighted by Gasteiger charge is 1.83. The van der Waals surface area contributed by atoms with E-state index in [1.807, 2.05) is 55.5 Å². The number of para-hydroxylation sites is 1. The molecule has 0 atom stereocenters. The van der Waals surface area contributed by atoms with Gasteiger partial charge in [-0.15, -0.1) is 0 Å². The van der Waals surface area contributed by atoms with Gasteiger partial charge >= 0.3 is 0 Å². The first-order chi connectivity index (χ1) is 7.83. The van der Waals surface area contributed by atoms with Crippen LogP contribution in [0, 0.1) is 6.92 Å². The van der Waals surface area contributed by atoms with Crippen LogP contribution in [0.15, 0.2) is 60.7 Å². The molecule has 0 fully saturated rings. The van der Waals surface area contributed by atoms with Gasteiger partial charge in [-0.05, 0) is 26.0 Å². The van der Waals surface area contributed by atoms with Gasteiger partial charge in [0.25, 0.3) is 0 Å². The van der Waals surface area contributed by atoms with Crippen molar-refractivity contribution < 1.29 is 4.74 Å². The summed E-state index contributed by atoms with van der Waals surface area (Å²) in [5, 5.41) is 0. The van der Waals surface area contributed by atoms with Gasteiger partial charge in [0.2, 0.25) is 0 Å². The van der Waals surface area contributed by atoms with Gasteiger partial charge in [-0.3, -0.25) is 0 Å². The Labute approximate surface area is 97.7 Å². The van der Waals surface area contributed by atoms with Crippen LogP contribution >= 0.6 is 0 Å². The van der Waals surface area contributed by atoms with Crippen molar-refractivity contribution in [1.29, 1.82) is 0 Å². The third-order valence-electron chi connectivity index (χ3n) is 1.99. The van der Waals surface area contributed by atoms with Gasteiger partial charge in [0.1, 0.15) is 5.75 Å². The zero-order chi connectivity index (χ0) is 11.6. The van der Waals surface area contributed by atoms with Gasteiger partial charge in [-0.25, -0.2) is 0 Å². The molecule has 1 heteroatoms. The van der Waals surface area contributed by atoms with Crippen molar-refractivity contribution in [2.45, 2.75) is 13.8 Å². The average Bonchev–Trinajstić information content (AvgIpc) is 2.33. The molecule has 0 radical (unpaired) electrons. The fraction of sp³-hybridized carbons (Fsp3) is 0.200. The summed E-state index contributed by atoms with van der Waals surface area (Å²) in [5.74, 6) is 0.944. The minimum Gasteiger partial charge on any atom is -0.494 e. The quantitative estimate of drug-likeness (QED) is 0.732. The highest BCUT2D eigenvalue weighted by Crippen LogP contribution is 2.06. The molecule has 0 heterocycles. The van der Waals surface area contributed by atoms with Crippen LogP contribution in [-0.2, 0) is 0 Å². The smallest absolute Gasteiger partial charge is 0.119 e. The van der Waals surface area contributed by atoms with Crippen molar-refractivity contribution in [3.05, 3.63) is 66.2 Å². The number of rotatable bonds is 2. The van der Waals surface area contributed by atoms with E-state index < -0.39 is 0 Å². The van der Waals surface area contributed by atoms with Gasteiger partial charge in [0, 0.05) is 0 Å². The summed E-state index contributed by atoms with van der Waals surface area (Å²) in [6, 6.07) is 20.1. The fourth-order valence-corrected chi connectivity index (χ4v) is 1.22. The normalized spacial score (nSPS) is 8.88. The van der Waals surface area contributed by atoms with E-state index in [1.54, 1.807) is 0 Å². The molecule has 0 N–H and O–H groups in total. The minimum atomic E-state index is 0.740. The molecule has 0 saturated heterocycles. The summed E-state index contributed by atoms with van der Waals surface area (Å²) in [6.07, 6.45) is 0. The lowest BCUT2D eigenvalue weighted by Crippen LogP contribution is -1.89.